The van der Waals surface area contributed by atoms with E-state index in [9.17, 15) is 37.1 Å². The van der Waals surface area contributed by atoms with Crippen molar-refractivity contribution in [1.29, 1.82) is 0 Å². The van der Waals surface area contributed by atoms with Crippen molar-refractivity contribution in [3.63, 3.8) is 0 Å². The van der Waals surface area contributed by atoms with Crippen LogP contribution < -0.4 is 35.6 Å². The maximum atomic E-state index is 15.0. The first-order valence-corrected chi connectivity index (χ1v) is 25.1. The van der Waals surface area contributed by atoms with E-state index in [0.717, 1.165) is 52.9 Å². The van der Waals surface area contributed by atoms with Gasteiger partial charge in [0.05, 0.1) is 24.4 Å². The maximum absolute atomic E-state index is 15.0. The third-order valence-corrected chi connectivity index (χ3v) is 12.3. The number of nitrogens with one attached hydrogen (secondary N) is 4. The summed E-state index contributed by atoms with van der Waals surface area (Å²) in [5, 5.41) is 23.5. The van der Waals surface area contributed by atoms with Crippen molar-refractivity contribution < 1.29 is 46.5 Å². The number of amides is 3. The Kier molecular flexibility index (Phi) is 19.9. The normalized spacial score (nSPS) is 12.3. The highest BCUT2D eigenvalue weighted by molar-refractivity contribution is 6.02. The van der Waals surface area contributed by atoms with Crippen LogP contribution in [-0.4, -0.2) is 65.7 Å². The summed E-state index contributed by atoms with van der Waals surface area (Å²) in [6, 6.07) is 38.6. The van der Waals surface area contributed by atoms with Crippen LogP contribution in [0.2, 0.25) is 0 Å². The fraction of sp³-hybridized carbons (Fsp3) is 0.267. The number of rotatable bonds is 25. The number of aliphatic hydroxyl groups excluding tert-OH is 1. The van der Waals surface area contributed by atoms with Crippen LogP contribution in [0.1, 0.15) is 69.2 Å². The Labute approximate surface area is 440 Å². The molecule has 3 atom stereocenters. The molecule has 16 heteroatoms. The molecule has 1 aromatic heterocycles. The van der Waals surface area contributed by atoms with E-state index < -0.39 is 59.2 Å². The van der Waals surface area contributed by atoms with Gasteiger partial charge in [-0.05, 0) is 116 Å². The number of anilines is 2. The van der Waals surface area contributed by atoms with Crippen molar-refractivity contribution in [2.45, 2.75) is 84.7 Å². The van der Waals surface area contributed by atoms with E-state index in [-0.39, 0.29) is 73.1 Å². The third-order valence-electron chi connectivity index (χ3n) is 12.3. The molecule has 0 fully saturated rings. The molecule has 7 aromatic rings. The number of pyridine rings is 1. The molecule has 3 amide bonds. The molecule has 6 aromatic carbocycles. The Hall–Kier alpha value is -7.92. The van der Waals surface area contributed by atoms with E-state index in [1.807, 2.05) is 49.4 Å². The Bertz CT molecular complexity index is 3060. The van der Waals surface area contributed by atoms with Gasteiger partial charge >= 0.3 is 0 Å². The van der Waals surface area contributed by atoms with E-state index in [1.54, 1.807) is 73.7 Å². The van der Waals surface area contributed by atoms with Crippen LogP contribution in [0, 0.1) is 44.0 Å². The molecule has 0 unspecified atom stereocenters. The predicted molar refractivity (Wildman–Crippen MR) is 285 cm³/mol. The average Bonchev–Trinajstić information content (AvgIpc) is 3.38. The second kappa shape index (κ2) is 27.0. The average molecular weight is 1040 g/mol. The van der Waals surface area contributed by atoms with Gasteiger partial charge < -0.3 is 35.8 Å². The summed E-state index contributed by atoms with van der Waals surface area (Å²) < 4.78 is 69.7. The lowest BCUT2D eigenvalue weighted by molar-refractivity contribution is -0.126. The lowest BCUT2D eigenvalue weighted by Gasteiger charge is -2.26. The number of aliphatic hydroxyl groups is 1. The van der Waals surface area contributed by atoms with Gasteiger partial charge in [-0.25, -0.2) is 22.5 Å². The predicted octanol–water partition coefficient (Wildman–Crippen LogP) is 10.2. The second-order valence-electron chi connectivity index (χ2n) is 18.7. The van der Waals surface area contributed by atoms with E-state index in [4.69, 9.17) is 9.47 Å². The minimum Gasteiger partial charge on any atom is -0.484 e. The van der Waals surface area contributed by atoms with Gasteiger partial charge in [-0.3, -0.25) is 19.3 Å². The fourth-order valence-corrected chi connectivity index (χ4v) is 8.63. The Morgan fingerprint density at radius 2 is 1.32 bits per heavy atom. The summed E-state index contributed by atoms with van der Waals surface area (Å²) in [5.41, 5.74) is 6.32. The van der Waals surface area contributed by atoms with Gasteiger partial charge in [-0.1, -0.05) is 85.3 Å². The van der Waals surface area contributed by atoms with Crippen LogP contribution in [-0.2, 0) is 35.5 Å². The molecule has 76 heavy (non-hydrogen) atoms. The van der Waals surface area contributed by atoms with Gasteiger partial charge in [0, 0.05) is 69.0 Å². The van der Waals surface area contributed by atoms with Crippen LogP contribution in [0.25, 0.3) is 0 Å². The molecular formula is C60H62F4N6O6. The molecule has 7 rings (SSSR count). The smallest absolute Gasteiger partial charge is 0.270 e. The largest absolute Gasteiger partial charge is 0.484 e. The molecule has 12 nitrogen and oxygen atoms in total. The van der Waals surface area contributed by atoms with Crippen LogP contribution in [0.3, 0.4) is 0 Å². The number of halogens is 4. The van der Waals surface area contributed by atoms with E-state index in [0.29, 0.717) is 30.0 Å². The molecule has 1 heterocycles. The minimum absolute atomic E-state index is 0.0212. The Morgan fingerprint density at radius 3 is 2.04 bits per heavy atom. The van der Waals surface area contributed by atoms with Crippen molar-refractivity contribution in [3.8, 4) is 17.4 Å². The zero-order chi connectivity index (χ0) is 54.1. The Morgan fingerprint density at radius 1 is 0.645 bits per heavy atom. The first-order chi connectivity index (χ1) is 36.6. The van der Waals surface area contributed by atoms with E-state index in [2.05, 4.69) is 39.2 Å². The lowest BCUT2D eigenvalue weighted by Crippen LogP contribution is -2.48. The number of hydrogen-bond donors (Lipinski definition) is 5. The van der Waals surface area contributed by atoms with Crippen LogP contribution in [0.5, 0.6) is 17.4 Å². The fourth-order valence-electron chi connectivity index (χ4n) is 8.63. The zero-order valence-corrected chi connectivity index (χ0v) is 42.8. The molecule has 0 aliphatic carbocycles. The molecular weight excluding hydrogens is 977 g/mol. The van der Waals surface area contributed by atoms with Crippen LogP contribution in [0.4, 0.5) is 28.9 Å². The Balaban J connectivity index is 1.02. The standard InChI is InChI=1S/C60H62F4N6O6/c1-5-41-13-10-15-43(26-41)34-66-37-55(71)53(29-44-27-46(62)30-47(63)28-44)68-56(72)20-21-58(73)70(48-16-7-6-8-17-48)49-18-11-19-50(32-49)75-57-24-39(3)23-54(69-57)60(74)67-36-51(35-65-33-42-14-9-12-38(2)22-42)76-59-40(4)25-45(61)31-52(59)64/h6-19,22-28,30-32,51,53,55,65-66,71H,5,20-21,29,33-37H2,1-4H3,(H,67,74)(H,68,72)/t51-,53+,55-/m1/s1. The highest BCUT2D eigenvalue weighted by Crippen LogP contribution is 2.32. The number of nitrogens with zero attached hydrogens (tertiary/aromatic N) is 2. The number of ether oxygens (including phenoxy) is 2. The molecule has 0 bridgehead atoms. The zero-order valence-electron chi connectivity index (χ0n) is 42.8. The number of aromatic nitrogens is 1. The molecule has 0 radical (unpaired) electrons. The van der Waals surface area contributed by atoms with Gasteiger partial charge in [-0.2, -0.15) is 0 Å². The van der Waals surface area contributed by atoms with Gasteiger partial charge in [-0.15, -0.1) is 0 Å². The number of carbonyl (C=O) groups is 3. The van der Waals surface area contributed by atoms with Crippen molar-refractivity contribution in [1.82, 2.24) is 26.3 Å². The summed E-state index contributed by atoms with van der Waals surface area (Å²) in [6.07, 6.45) is -1.72. The summed E-state index contributed by atoms with van der Waals surface area (Å²) in [6.45, 7) is 8.44. The van der Waals surface area contributed by atoms with Crippen molar-refractivity contribution >= 4 is 29.1 Å². The summed E-state index contributed by atoms with van der Waals surface area (Å²) in [4.78, 5) is 47.5. The number of benzene rings is 6. The minimum atomic E-state index is -1.17. The molecule has 0 saturated carbocycles. The van der Waals surface area contributed by atoms with Crippen molar-refractivity contribution in [3.05, 3.63) is 213 Å². The lowest BCUT2D eigenvalue weighted by atomic mass is 10.00. The molecule has 0 spiro atoms. The highest BCUT2D eigenvalue weighted by Gasteiger charge is 2.26. The van der Waals surface area contributed by atoms with Gasteiger partial charge in [0.15, 0.2) is 11.6 Å². The molecule has 0 aliphatic heterocycles. The second-order valence-corrected chi connectivity index (χ2v) is 18.7. The van der Waals surface area contributed by atoms with Gasteiger partial charge in [0.25, 0.3) is 5.91 Å². The van der Waals surface area contributed by atoms with Crippen molar-refractivity contribution in [2.75, 3.05) is 24.5 Å². The summed E-state index contributed by atoms with van der Waals surface area (Å²) in [5.74, 6) is -4.55. The summed E-state index contributed by atoms with van der Waals surface area (Å²) in [7, 11) is 0. The van der Waals surface area contributed by atoms with E-state index >= 15 is 0 Å². The molecule has 5 N–H and O–H groups in total. The van der Waals surface area contributed by atoms with Crippen LogP contribution >= 0.6 is 0 Å². The molecule has 0 aliphatic rings. The number of para-hydroxylation sites is 1. The maximum Gasteiger partial charge on any atom is 0.270 e. The van der Waals surface area contributed by atoms with Crippen molar-refractivity contribution in [2.24, 2.45) is 0 Å². The number of carbonyl (C=O) groups excluding carboxylic acids is 3. The van der Waals surface area contributed by atoms with Crippen LogP contribution in [0.15, 0.2) is 146 Å². The van der Waals surface area contributed by atoms with Gasteiger partial charge in [0.2, 0.25) is 17.7 Å². The molecule has 0 saturated heterocycles. The third kappa shape index (κ3) is 16.5. The topological polar surface area (TPSA) is 154 Å². The monoisotopic (exact) mass is 1040 g/mol. The first-order valence-electron chi connectivity index (χ1n) is 25.1. The first kappa shape index (κ1) is 55.8. The number of aryl methyl sites for hydroxylation is 4. The van der Waals surface area contributed by atoms with Gasteiger partial charge in [0.1, 0.15) is 35.0 Å². The summed E-state index contributed by atoms with van der Waals surface area (Å²) >= 11 is 0. The van der Waals surface area contributed by atoms with E-state index in [1.165, 1.54) is 17.9 Å². The quantitative estimate of drug-likeness (QED) is 0.0352. The highest BCUT2D eigenvalue weighted by atomic mass is 19.1. The SMILES string of the molecule is CCc1cccc(CNC[C@@H](O)[C@H](Cc2cc(F)cc(F)c2)NC(=O)CCC(=O)N(c2ccccc2)c2cccc(Oc3cc(C)cc(C(=O)NC[C@@H](CNCc4cccc(C)c4)Oc4c(C)cc(F)cc4F)n3)c2)c1. The number of hydrogen-bond acceptors (Lipinski definition) is 9. The molecule has 396 valence electrons.